The van der Waals surface area contributed by atoms with Crippen LogP contribution in [0.2, 0.25) is 0 Å². The molecule has 0 spiro atoms. The highest BCUT2D eigenvalue weighted by atomic mass is 16.2. The molecule has 4 heterocycles. The average Bonchev–Trinajstić information content (AvgIpc) is 3.25. The van der Waals surface area contributed by atoms with E-state index in [2.05, 4.69) is 31.2 Å². The molecule has 1 N–H and O–H groups in total. The van der Waals surface area contributed by atoms with E-state index in [9.17, 15) is 4.79 Å². The molecule has 1 aliphatic carbocycles. The summed E-state index contributed by atoms with van der Waals surface area (Å²) in [7, 11) is 0. The van der Waals surface area contributed by atoms with Gasteiger partial charge < -0.3 is 15.1 Å². The minimum Gasteiger partial charge on any atom is -0.354 e. The smallest absolute Gasteiger partial charge is 0.227 e. The van der Waals surface area contributed by atoms with Gasteiger partial charge in [-0.2, -0.15) is 0 Å². The highest BCUT2D eigenvalue weighted by Gasteiger charge is 2.47. The van der Waals surface area contributed by atoms with Crippen LogP contribution in [0.4, 0.5) is 5.82 Å². The highest BCUT2D eigenvalue weighted by molar-refractivity contribution is 5.83. The van der Waals surface area contributed by atoms with Crippen molar-refractivity contribution in [3.63, 3.8) is 0 Å². The van der Waals surface area contributed by atoms with Crippen LogP contribution in [0, 0.1) is 11.3 Å². The third-order valence-electron chi connectivity index (χ3n) is 6.80. The first-order valence-electron chi connectivity index (χ1n) is 10.3. The van der Waals surface area contributed by atoms with E-state index in [1.54, 1.807) is 6.33 Å². The topological polar surface area (TPSA) is 61.4 Å². The van der Waals surface area contributed by atoms with Crippen LogP contribution >= 0.6 is 0 Å². The fourth-order valence-electron chi connectivity index (χ4n) is 5.01. The lowest BCUT2D eigenvalue weighted by molar-refractivity contribution is -0.132. The van der Waals surface area contributed by atoms with Gasteiger partial charge in [-0.05, 0) is 64.0 Å². The number of hydrogen-bond donors (Lipinski definition) is 1. The van der Waals surface area contributed by atoms with Gasteiger partial charge in [-0.3, -0.25) is 4.79 Å². The second kappa shape index (κ2) is 6.48. The summed E-state index contributed by atoms with van der Waals surface area (Å²) in [5.74, 6) is 2.16. The van der Waals surface area contributed by atoms with E-state index in [-0.39, 0.29) is 11.5 Å². The summed E-state index contributed by atoms with van der Waals surface area (Å²) in [6.45, 7) is 5.05. The maximum absolute atomic E-state index is 13.0. The summed E-state index contributed by atoms with van der Waals surface area (Å²) in [6, 6.07) is 2.40. The van der Waals surface area contributed by atoms with Crippen molar-refractivity contribution in [1.29, 1.82) is 0 Å². The first-order valence-corrected chi connectivity index (χ1v) is 10.3. The molecule has 1 aromatic heterocycles. The first kappa shape index (κ1) is 16.5. The van der Waals surface area contributed by atoms with Crippen LogP contribution in [0.3, 0.4) is 0 Å². The van der Waals surface area contributed by atoms with Gasteiger partial charge in [0.1, 0.15) is 12.1 Å². The van der Waals surface area contributed by atoms with Gasteiger partial charge in [-0.1, -0.05) is 0 Å². The van der Waals surface area contributed by atoms with E-state index in [1.807, 2.05) is 0 Å². The molecule has 6 nitrogen and oxygen atoms in total. The van der Waals surface area contributed by atoms with E-state index in [0.29, 0.717) is 5.91 Å². The van der Waals surface area contributed by atoms with Crippen molar-refractivity contribution in [2.45, 2.75) is 51.0 Å². The number of carbonyl (C=O) groups excluding carboxylic acids is 1. The summed E-state index contributed by atoms with van der Waals surface area (Å²) in [4.78, 5) is 26.7. The van der Waals surface area contributed by atoms with Crippen molar-refractivity contribution in [2.75, 3.05) is 37.6 Å². The van der Waals surface area contributed by atoms with Crippen molar-refractivity contribution in [2.24, 2.45) is 11.3 Å². The van der Waals surface area contributed by atoms with Gasteiger partial charge in [-0.25, -0.2) is 9.97 Å². The van der Waals surface area contributed by atoms with Crippen LogP contribution in [-0.4, -0.2) is 59.5 Å². The van der Waals surface area contributed by atoms with Crippen LogP contribution < -0.4 is 10.2 Å². The Morgan fingerprint density at radius 3 is 3.00 bits per heavy atom. The second-order valence-corrected chi connectivity index (χ2v) is 8.83. The molecule has 1 amide bonds. The van der Waals surface area contributed by atoms with E-state index in [0.717, 1.165) is 75.7 Å². The lowest BCUT2D eigenvalue weighted by atomic mass is 9.80. The van der Waals surface area contributed by atoms with E-state index < -0.39 is 0 Å². The lowest BCUT2D eigenvalue weighted by Crippen LogP contribution is -2.49. The molecule has 6 heteroatoms. The summed E-state index contributed by atoms with van der Waals surface area (Å²) in [5, 5.41) is 3.37. The molecule has 5 rings (SSSR count). The zero-order valence-corrected chi connectivity index (χ0v) is 15.5. The van der Waals surface area contributed by atoms with Gasteiger partial charge in [0.05, 0.1) is 5.41 Å². The highest BCUT2D eigenvalue weighted by Crippen LogP contribution is 2.39. The van der Waals surface area contributed by atoms with Crippen LogP contribution in [0.15, 0.2) is 12.4 Å². The van der Waals surface area contributed by atoms with Gasteiger partial charge in [0, 0.05) is 37.4 Å². The number of carbonyl (C=O) groups is 1. The summed E-state index contributed by atoms with van der Waals surface area (Å²) >= 11 is 0. The Kier molecular flexibility index (Phi) is 4.11. The minimum absolute atomic E-state index is 0.113. The predicted octanol–water partition coefficient (Wildman–Crippen LogP) is 1.61. The average molecular weight is 355 g/mol. The van der Waals surface area contributed by atoms with Gasteiger partial charge in [0.15, 0.2) is 0 Å². The molecule has 2 bridgehead atoms. The van der Waals surface area contributed by atoms with E-state index >= 15 is 0 Å². The van der Waals surface area contributed by atoms with Gasteiger partial charge in [-0.15, -0.1) is 0 Å². The van der Waals surface area contributed by atoms with Gasteiger partial charge in [0.2, 0.25) is 5.91 Å². The number of aromatic nitrogens is 2. The molecular formula is C20H29N5O. The normalized spacial score (nSPS) is 33.5. The fourth-order valence-corrected chi connectivity index (χ4v) is 5.01. The predicted molar refractivity (Wildman–Crippen MR) is 99.9 cm³/mol. The van der Waals surface area contributed by atoms with E-state index in [4.69, 9.17) is 0 Å². The molecule has 0 radical (unpaired) electrons. The first-order chi connectivity index (χ1) is 12.7. The molecule has 0 aromatic carbocycles. The molecular weight excluding hydrogens is 326 g/mol. The van der Waals surface area contributed by atoms with Crippen molar-refractivity contribution >= 4 is 11.7 Å². The minimum atomic E-state index is -0.113. The number of fused-ring (bicyclic) bond motifs is 2. The van der Waals surface area contributed by atoms with Crippen LogP contribution in [-0.2, 0) is 11.2 Å². The quantitative estimate of drug-likeness (QED) is 0.869. The molecule has 4 fully saturated rings. The Labute approximate surface area is 155 Å². The molecule has 4 aliphatic rings. The zero-order chi connectivity index (χ0) is 17.6. The Morgan fingerprint density at radius 1 is 1.19 bits per heavy atom. The fraction of sp³-hybridized carbons (Fsp3) is 0.750. The third kappa shape index (κ3) is 3.20. The zero-order valence-electron chi connectivity index (χ0n) is 15.5. The molecule has 3 atom stereocenters. The van der Waals surface area contributed by atoms with Crippen molar-refractivity contribution in [1.82, 2.24) is 20.2 Å². The van der Waals surface area contributed by atoms with Gasteiger partial charge >= 0.3 is 0 Å². The Balaban J connectivity index is 1.20. The molecule has 26 heavy (non-hydrogen) atoms. The number of amides is 1. The molecule has 3 aliphatic heterocycles. The maximum Gasteiger partial charge on any atom is 0.227 e. The second-order valence-electron chi connectivity index (χ2n) is 8.83. The summed E-state index contributed by atoms with van der Waals surface area (Å²) in [6.07, 6.45) is 9.73. The Morgan fingerprint density at radius 2 is 2.12 bits per heavy atom. The SMILES string of the molecule is O=C(N[C@@H]1CCN(c2cc(CC3CC3)ncn2)C1)C12CCCN(CC1)C2. The molecule has 1 aromatic rings. The van der Waals surface area contributed by atoms with Gasteiger partial charge in [0.25, 0.3) is 0 Å². The van der Waals surface area contributed by atoms with Crippen molar-refractivity contribution in [3.8, 4) is 0 Å². The van der Waals surface area contributed by atoms with Crippen LogP contribution in [0.1, 0.15) is 44.2 Å². The molecule has 3 saturated heterocycles. The number of piperidine rings is 1. The number of nitrogens with zero attached hydrogens (tertiary/aromatic N) is 4. The molecule has 1 saturated carbocycles. The Hall–Kier alpha value is -1.69. The maximum atomic E-state index is 13.0. The third-order valence-corrected chi connectivity index (χ3v) is 6.80. The number of nitrogens with one attached hydrogen (secondary N) is 1. The standard InChI is InChI=1S/C20H29N5O/c26-19(20-5-1-7-24(13-20)9-6-20)23-16-4-8-25(12-16)18-11-17(21-14-22-18)10-15-2-3-15/h11,14-16H,1-10,12-13H2,(H,23,26)/t16-,20?/m1/s1. The monoisotopic (exact) mass is 355 g/mol. The lowest BCUT2D eigenvalue weighted by Gasteiger charge is -2.33. The number of anilines is 1. The molecule has 2 unspecified atom stereocenters. The molecule has 140 valence electrons. The van der Waals surface area contributed by atoms with Crippen molar-refractivity contribution in [3.05, 3.63) is 18.1 Å². The van der Waals surface area contributed by atoms with Crippen molar-refractivity contribution < 1.29 is 4.79 Å². The van der Waals surface area contributed by atoms with Crippen LogP contribution in [0.25, 0.3) is 0 Å². The summed E-state index contributed by atoms with van der Waals surface area (Å²) < 4.78 is 0. The number of hydrogen-bond acceptors (Lipinski definition) is 5. The van der Waals surface area contributed by atoms with Crippen LogP contribution in [0.5, 0.6) is 0 Å². The van der Waals surface area contributed by atoms with E-state index in [1.165, 1.54) is 19.4 Å². The number of rotatable bonds is 5. The largest absolute Gasteiger partial charge is 0.354 e. The Bertz CT molecular complexity index is 687. The summed E-state index contributed by atoms with van der Waals surface area (Å²) in [5.41, 5.74) is 1.05.